The average molecular weight is 229 g/mol. The topological polar surface area (TPSA) is 47.0 Å². The maximum atomic E-state index is 5.66. The molecule has 0 aliphatic heterocycles. The van der Waals surface area contributed by atoms with Crippen LogP contribution in [0.3, 0.4) is 0 Å². The molecule has 4 nitrogen and oxygen atoms in total. The Morgan fingerprint density at radius 1 is 1.33 bits per heavy atom. The lowest BCUT2D eigenvalue weighted by atomic mass is 10.1. The third-order valence-electron chi connectivity index (χ3n) is 2.20. The lowest BCUT2D eigenvalue weighted by Crippen LogP contribution is -2.14. The van der Waals surface area contributed by atoms with E-state index in [1.165, 1.54) is 0 Å². The number of anilines is 1. The van der Waals surface area contributed by atoms with Crippen molar-refractivity contribution < 1.29 is 4.74 Å². The second-order valence-electron chi connectivity index (χ2n) is 3.79. The maximum absolute atomic E-state index is 5.66. The second kappa shape index (κ2) is 6.02. The molecule has 0 fully saturated rings. The number of nitrogens with one attached hydrogen (secondary N) is 1. The van der Waals surface area contributed by atoms with Gasteiger partial charge in [-0.05, 0) is 19.8 Å². The zero-order valence-corrected chi connectivity index (χ0v) is 10.6. The molecule has 0 radical (unpaired) electrons. The van der Waals surface area contributed by atoms with Crippen molar-refractivity contribution in [2.75, 3.05) is 11.9 Å². The van der Waals surface area contributed by atoms with Gasteiger partial charge in [0.15, 0.2) is 0 Å². The highest BCUT2D eigenvalue weighted by Crippen LogP contribution is 2.17. The summed E-state index contributed by atoms with van der Waals surface area (Å²) in [7, 11) is 0. The molecule has 1 aromatic rings. The zero-order valence-electron chi connectivity index (χ0n) is 9.78. The first-order valence-electron chi connectivity index (χ1n) is 5.31. The van der Waals surface area contributed by atoms with Crippen molar-refractivity contribution >= 4 is 16.5 Å². The Morgan fingerprint density at radius 3 is 2.67 bits per heavy atom. The predicted molar refractivity (Wildman–Crippen MR) is 63.2 cm³/mol. The molecule has 15 heavy (non-hydrogen) atoms. The zero-order chi connectivity index (χ0) is 11.3. The summed E-state index contributed by atoms with van der Waals surface area (Å²) in [6.07, 6.45) is 0.261. The van der Waals surface area contributed by atoms with Gasteiger partial charge in [-0.2, -0.15) is 0 Å². The summed E-state index contributed by atoms with van der Waals surface area (Å²) in [5, 5.41) is 13.0. The fraction of sp³-hybridized carbons (Fsp3) is 0.800. The van der Waals surface area contributed by atoms with Gasteiger partial charge < -0.3 is 10.1 Å². The minimum atomic E-state index is 0.261. The van der Waals surface area contributed by atoms with Crippen molar-refractivity contribution in [3.8, 4) is 0 Å². The molecule has 0 aromatic carbocycles. The Hall–Kier alpha value is -0.680. The fourth-order valence-electron chi connectivity index (χ4n) is 0.930. The van der Waals surface area contributed by atoms with Gasteiger partial charge in [-0.3, -0.25) is 0 Å². The summed E-state index contributed by atoms with van der Waals surface area (Å²) >= 11 is 1.55. The molecular weight excluding hydrogens is 210 g/mol. The molecule has 0 amide bonds. The molecule has 1 unspecified atom stereocenters. The van der Waals surface area contributed by atoms with E-state index in [0.29, 0.717) is 12.5 Å². The molecular formula is C10H19N3OS. The standard InChI is InChI=1S/C10H19N3OS/c1-5-11-10-13-12-9(15-10)6-14-8(4)7(2)3/h7-8H,5-6H2,1-4H3,(H,11,13). The first kappa shape index (κ1) is 12.4. The Kier molecular flexibility index (Phi) is 4.98. The van der Waals surface area contributed by atoms with Gasteiger partial charge >= 0.3 is 0 Å². The number of aromatic nitrogens is 2. The molecule has 1 aromatic heterocycles. The van der Waals surface area contributed by atoms with Crippen molar-refractivity contribution in [2.24, 2.45) is 5.92 Å². The van der Waals surface area contributed by atoms with Gasteiger partial charge in [0.25, 0.3) is 0 Å². The largest absolute Gasteiger partial charge is 0.371 e. The van der Waals surface area contributed by atoms with E-state index in [-0.39, 0.29) is 6.10 Å². The normalized spacial score (nSPS) is 13.1. The third kappa shape index (κ3) is 4.13. The van der Waals surface area contributed by atoms with Crippen molar-refractivity contribution in [3.63, 3.8) is 0 Å². The molecule has 1 heterocycles. The summed E-state index contributed by atoms with van der Waals surface area (Å²) in [5.41, 5.74) is 0. The molecule has 1 N–H and O–H groups in total. The molecule has 0 bridgehead atoms. The molecule has 0 spiro atoms. The van der Waals surface area contributed by atoms with E-state index in [2.05, 4.69) is 36.3 Å². The van der Waals surface area contributed by atoms with Crippen molar-refractivity contribution in [3.05, 3.63) is 5.01 Å². The summed E-state index contributed by atoms with van der Waals surface area (Å²) in [5.74, 6) is 0.533. The van der Waals surface area contributed by atoms with Gasteiger partial charge in [-0.15, -0.1) is 10.2 Å². The molecule has 5 heteroatoms. The van der Waals surface area contributed by atoms with Crippen molar-refractivity contribution in [2.45, 2.75) is 40.4 Å². The van der Waals surface area contributed by atoms with Crippen LogP contribution < -0.4 is 5.32 Å². The van der Waals surface area contributed by atoms with Crippen molar-refractivity contribution in [1.82, 2.24) is 10.2 Å². The van der Waals surface area contributed by atoms with Crippen LogP contribution in [-0.4, -0.2) is 22.8 Å². The minimum absolute atomic E-state index is 0.261. The van der Waals surface area contributed by atoms with E-state index in [1.807, 2.05) is 6.92 Å². The highest BCUT2D eigenvalue weighted by atomic mass is 32.1. The van der Waals surface area contributed by atoms with Gasteiger partial charge in [0, 0.05) is 6.54 Å². The monoisotopic (exact) mass is 229 g/mol. The number of ether oxygens (including phenoxy) is 1. The Bertz CT molecular complexity index is 288. The average Bonchev–Trinajstić information content (AvgIpc) is 2.62. The first-order chi connectivity index (χ1) is 7.13. The lowest BCUT2D eigenvalue weighted by molar-refractivity contribution is 0.0232. The van der Waals surface area contributed by atoms with Crippen LogP contribution in [0.4, 0.5) is 5.13 Å². The SMILES string of the molecule is CCNc1nnc(COC(C)C(C)C)s1. The number of rotatable bonds is 6. The molecule has 1 atom stereocenters. The summed E-state index contributed by atoms with van der Waals surface area (Å²) in [6, 6.07) is 0. The van der Waals surface area contributed by atoms with E-state index in [4.69, 9.17) is 4.74 Å². The number of hydrogen-bond acceptors (Lipinski definition) is 5. The van der Waals surface area contributed by atoms with Crippen molar-refractivity contribution in [1.29, 1.82) is 0 Å². The molecule has 0 saturated heterocycles. The third-order valence-corrected chi connectivity index (χ3v) is 3.06. The van der Waals surface area contributed by atoms with Gasteiger partial charge in [0.2, 0.25) is 5.13 Å². The predicted octanol–water partition coefficient (Wildman–Crippen LogP) is 2.53. The smallest absolute Gasteiger partial charge is 0.205 e. The lowest BCUT2D eigenvalue weighted by Gasteiger charge is -2.14. The van der Waals surface area contributed by atoms with E-state index in [9.17, 15) is 0 Å². The quantitative estimate of drug-likeness (QED) is 0.814. The fourth-order valence-corrected chi connectivity index (χ4v) is 1.66. The first-order valence-corrected chi connectivity index (χ1v) is 6.13. The van der Waals surface area contributed by atoms with Gasteiger partial charge in [0.05, 0.1) is 6.10 Å². The van der Waals surface area contributed by atoms with Crippen LogP contribution in [-0.2, 0) is 11.3 Å². The highest BCUT2D eigenvalue weighted by Gasteiger charge is 2.09. The number of nitrogens with zero attached hydrogens (tertiary/aromatic N) is 2. The van der Waals surface area contributed by atoms with Crippen LogP contribution in [0.5, 0.6) is 0 Å². The molecule has 0 saturated carbocycles. The Morgan fingerprint density at radius 2 is 2.07 bits per heavy atom. The molecule has 0 aliphatic carbocycles. The van der Waals surface area contributed by atoms with E-state index < -0.39 is 0 Å². The van der Waals surface area contributed by atoms with Crippen LogP contribution >= 0.6 is 11.3 Å². The summed E-state index contributed by atoms with van der Waals surface area (Å²) in [4.78, 5) is 0. The molecule has 0 aliphatic rings. The van der Waals surface area contributed by atoms with E-state index >= 15 is 0 Å². The van der Waals surface area contributed by atoms with Crippen LogP contribution in [0, 0.1) is 5.92 Å². The Balaban J connectivity index is 2.37. The van der Waals surface area contributed by atoms with Gasteiger partial charge in [-0.1, -0.05) is 25.2 Å². The highest BCUT2D eigenvalue weighted by molar-refractivity contribution is 7.15. The minimum Gasteiger partial charge on any atom is -0.371 e. The maximum Gasteiger partial charge on any atom is 0.205 e. The molecule has 1 rings (SSSR count). The Labute approximate surface area is 95.1 Å². The van der Waals surface area contributed by atoms with Crippen LogP contribution in [0.15, 0.2) is 0 Å². The van der Waals surface area contributed by atoms with Crippen LogP contribution in [0.25, 0.3) is 0 Å². The van der Waals surface area contributed by atoms with Crippen LogP contribution in [0.2, 0.25) is 0 Å². The van der Waals surface area contributed by atoms with Gasteiger partial charge in [0.1, 0.15) is 11.6 Å². The van der Waals surface area contributed by atoms with Gasteiger partial charge in [-0.25, -0.2) is 0 Å². The van der Waals surface area contributed by atoms with E-state index in [1.54, 1.807) is 11.3 Å². The second-order valence-corrected chi connectivity index (χ2v) is 4.85. The van der Waals surface area contributed by atoms with Crippen LogP contribution in [0.1, 0.15) is 32.7 Å². The summed E-state index contributed by atoms with van der Waals surface area (Å²) in [6.45, 7) is 9.85. The summed E-state index contributed by atoms with van der Waals surface area (Å²) < 4.78 is 5.66. The molecule has 86 valence electrons. The van der Waals surface area contributed by atoms with E-state index in [0.717, 1.165) is 16.7 Å². The number of hydrogen-bond donors (Lipinski definition) is 1.